The van der Waals surface area contributed by atoms with Crippen molar-refractivity contribution in [3.8, 4) is 5.75 Å². The maximum Gasteiger partial charge on any atom is 0.130 e. The highest BCUT2D eigenvalue weighted by Crippen LogP contribution is 2.51. The van der Waals surface area contributed by atoms with E-state index in [1.807, 2.05) is 19.1 Å². The third-order valence-corrected chi connectivity index (χ3v) is 8.51. The molecule has 0 bridgehead atoms. The molecule has 3 fully saturated rings. The normalized spacial score (nSPS) is 36.0. The van der Waals surface area contributed by atoms with E-state index in [4.69, 9.17) is 4.74 Å². The molecular weight excluding hydrogens is 347 g/mol. The third kappa shape index (κ3) is 4.41. The summed E-state index contributed by atoms with van der Waals surface area (Å²) in [6.45, 7) is 4.90. The van der Waals surface area contributed by atoms with Crippen molar-refractivity contribution in [3.05, 3.63) is 29.6 Å². The third-order valence-electron chi connectivity index (χ3n) is 8.51. The summed E-state index contributed by atoms with van der Waals surface area (Å²) >= 11 is 0. The largest absolute Gasteiger partial charge is 0.494 e. The molecule has 1 nitrogen and oxygen atoms in total. The molecule has 1 aromatic carbocycles. The van der Waals surface area contributed by atoms with Crippen LogP contribution in [0.15, 0.2) is 18.2 Å². The molecule has 156 valence electrons. The van der Waals surface area contributed by atoms with Crippen LogP contribution in [0.25, 0.3) is 0 Å². The molecule has 3 aliphatic carbocycles. The lowest BCUT2D eigenvalue weighted by atomic mass is 9.60. The van der Waals surface area contributed by atoms with Gasteiger partial charge in [0.25, 0.3) is 0 Å². The number of ether oxygens (including phenoxy) is 1. The van der Waals surface area contributed by atoms with E-state index in [2.05, 4.69) is 6.92 Å². The van der Waals surface area contributed by atoms with Crippen molar-refractivity contribution < 1.29 is 9.13 Å². The lowest BCUT2D eigenvalue weighted by Crippen LogP contribution is -2.34. The van der Waals surface area contributed by atoms with Crippen LogP contribution in [0.5, 0.6) is 5.75 Å². The maximum absolute atomic E-state index is 14.7. The average Bonchev–Trinajstić information content (AvgIpc) is 2.73. The van der Waals surface area contributed by atoms with Gasteiger partial charge in [-0.1, -0.05) is 32.3 Å². The predicted octanol–water partition coefficient (Wildman–Crippen LogP) is 7.74. The van der Waals surface area contributed by atoms with Gasteiger partial charge >= 0.3 is 0 Å². The number of halogens is 1. The lowest BCUT2D eigenvalue weighted by Gasteiger charge is -2.45. The SMILES string of the molecule is CCOc1ccc(C2CCC3CC(C4CCC(CC)CC4)CCC3C2)c(F)c1. The van der Waals surface area contributed by atoms with Gasteiger partial charge in [-0.25, -0.2) is 4.39 Å². The van der Waals surface area contributed by atoms with Gasteiger partial charge in [-0.3, -0.25) is 0 Å². The van der Waals surface area contributed by atoms with E-state index in [9.17, 15) is 4.39 Å². The number of rotatable bonds is 5. The summed E-state index contributed by atoms with van der Waals surface area (Å²) in [5.74, 6) is 5.74. The first-order valence-electron chi connectivity index (χ1n) is 12.1. The van der Waals surface area contributed by atoms with Crippen molar-refractivity contribution in [1.29, 1.82) is 0 Å². The summed E-state index contributed by atoms with van der Waals surface area (Å²) in [6.07, 6.45) is 15.3. The zero-order valence-corrected chi connectivity index (χ0v) is 18.0. The number of fused-ring (bicyclic) bond motifs is 1. The standard InChI is InChI=1S/C26H39FO/c1-3-18-5-7-19(8-6-18)20-9-10-22-16-23(12-11-21(22)15-20)25-14-13-24(28-4-2)17-26(25)27/h13-14,17-23H,3-12,15-16H2,1-2H3. The quantitative estimate of drug-likeness (QED) is 0.503. The molecular formula is C26H39FO. The van der Waals surface area contributed by atoms with Crippen LogP contribution in [0.1, 0.15) is 96.0 Å². The van der Waals surface area contributed by atoms with Crippen LogP contribution in [0.3, 0.4) is 0 Å². The molecule has 0 N–H and O–H groups in total. The van der Waals surface area contributed by atoms with Crippen molar-refractivity contribution in [3.63, 3.8) is 0 Å². The second kappa shape index (κ2) is 9.18. The molecule has 0 radical (unpaired) electrons. The summed E-state index contributed by atoms with van der Waals surface area (Å²) in [5, 5.41) is 0. The molecule has 0 heterocycles. The highest BCUT2D eigenvalue weighted by Gasteiger charge is 2.39. The Labute approximate surface area is 171 Å². The zero-order valence-electron chi connectivity index (χ0n) is 18.0. The van der Waals surface area contributed by atoms with Gasteiger partial charge in [0.2, 0.25) is 0 Å². The highest BCUT2D eigenvalue weighted by atomic mass is 19.1. The Bertz CT molecular complexity index is 633. The van der Waals surface area contributed by atoms with E-state index in [0.29, 0.717) is 18.3 Å². The maximum atomic E-state index is 14.7. The minimum atomic E-state index is -0.0595. The number of benzene rings is 1. The minimum absolute atomic E-state index is 0.0595. The first kappa shape index (κ1) is 20.2. The van der Waals surface area contributed by atoms with E-state index < -0.39 is 0 Å². The molecule has 1 aromatic rings. The second-order valence-electron chi connectivity index (χ2n) is 9.91. The number of hydrogen-bond donors (Lipinski definition) is 0. The van der Waals surface area contributed by atoms with Crippen LogP contribution < -0.4 is 4.74 Å². The summed E-state index contributed by atoms with van der Waals surface area (Å²) in [4.78, 5) is 0. The molecule has 4 rings (SSSR count). The number of hydrogen-bond acceptors (Lipinski definition) is 1. The van der Waals surface area contributed by atoms with Crippen molar-refractivity contribution in [1.82, 2.24) is 0 Å². The Morgan fingerprint density at radius 2 is 1.46 bits per heavy atom. The van der Waals surface area contributed by atoms with E-state index >= 15 is 0 Å². The Hall–Kier alpha value is -1.05. The van der Waals surface area contributed by atoms with Gasteiger partial charge in [0.1, 0.15) is 11.6 Å². The van der Waals surface area contributed by atoms with Crippen LogP contribution in [0.4, 0.5) is 4.39 Å². The topological polar surface area (TPSA) is 9.23 Å². The molecule has 4 unspecified atom stereocenters. The summed E-state index contributed by atoms with van der Waals surface area (Å²) < 4.78 is 20.1. The summed E-state index contributed by atoms with van der Waals surface area (Å²) in [7, 11) is 0. The molecule has 0 aliphatic heterocycles. The van der Waals surface area contributed by atoms with Crippen molar-refractivity contribution in [2.75, 3.05) is 6.61 Å². The molecule has 0 spiro atoms. The van der Waals surface area contributed by atoms with Crippen LogP contribution in [-0.2, 0) is 0 Å². The van der Waals surface area contributed by atoms with Gasteiger partial charge in [-0.05, 0) is 105 Å². The van der Waals surface area contributed by atoms with Gasteiger partial charge in [0.15, 0.2) is 0 Å². The van der Waals surface area contributed by atoms with E-state index in [0.717, 1.165) is 35.2 Å². The molecule has 2 heteroatoms. The fourth-order valence-corrected chi connectivity index (χ4v) is 6.80. The molecule has 3 aliphatic rings. The van der Waals surface area contributed by atoms with E-state index in [1.165, 1.54) is 70.6 Å². The molecule has 0 amide bonds. The smallest absolute Gasteiger partial charge is 0.130 e. The monoisotopic (exact) mass is 386 g/mol. The van der Waals surface area contributed by atoms with Crippen LogP contribution in [0, 0.1) is 35.4 Å². The summed E-state index contributed by atoms with van der Waals surface area (Å²) in [5.41, 5.74) is 0.932. The molecule has 4 atom stereocenters. The van der Waals surface area contributed by atoms with Crippen molar-refractivity contribution in [2.45, 2.75) is 90.4 Å². The van der Waals surface area contributed by atoms with E-state index in [-0.39, 0.29) is 5.82 Å². The zero-order chi connectivity index (χ0) is 19.5. The average molecular weight is 387 g/mol. The lowest BCUT2D eigenvalue weighted by molar-refractivity contribution is 0.0712. The molecule has 0 saturated heterocycles. The Balaban J connectivity index is 1.33. The van der Waals surface area contributed by atoms with Crippen LogP contribution in [-0.4, -0.2) is 6.61 Å². The molecule has 3 saturated carbocycles. The molecule has 28 heavy (non-hydrogen) atoms. The van der Waals surface area contributed by atoms with Gasteiger partial charge in [-0.2, -0.15) is 0 Å². The Morgan fingerprint density at radius 1 is 0.821 bits per heavy atom. The van der Waals surface area contributed by atoms with Crippen LogP contribution in [0.2, 0.25) is 0 Å². The second-order valence-corrected chi connectivity index (χ2v) is 9.91. The Morgan fingerprint density at radius 3 is 2.14 bits per heavy atom. The highest BCUT2D eigenvalue weighted by molar-refractivity contribution is 5.31. The fourth-order valence-electron chi connectivity index (χ4n) is 6.80. The van der Waals surface area contributed by atoms with Gasteiger partial charge in [0, 0.05) is 6.07 Å². The fraction of sp³-hybridized carbons (Fsp3) is 0.769. The molecule has 0 aromatic heterocycles. The van der Waals surface area contributed by atoms with Gasteiger partial charge < -0.3 is 4.74 Å². The van der Waals surface area contributed by atoms with Crippen molar-refractivity contribution in [2.24, 2.45) is 29.6 Å². The Kier molecular flexibility index (Phi) is 6.63. The minimum Gasteiger partial charge on any atom is -0.494 e. The van der Waals surface area contributed by atoms with Crippen molar-refractivity contribution >= 4 is 0 Å². The summed E-state index contributed by atoms with van der Waals surface area (Å²) in [6, 6.07) is 5.54. The van der Waals surface area contributed by atoms with Gasteiger partial charge in [0.05, 0.1) is 6.61 Å². The van der Waals surface area contributed by atoms with E-state index in [1.54, 1.807) is 6.07 Å². The van der Waals surface area contributed by atoms with Crippen LogP contribution >= 0.6 is 0 Å². The first-order chi connectivity index (χ1) is 13.7. The predicted molar refractivity (Wildman–Crippen MR) is 114 cm³/mol. The first-order valence-corrected chi connectivity index (χ1v) is 12.1. The van der Waals surface area contributed by atoms with Gasteiger partial charge in [-0.15, -0.1) is 0 Å².